The Labute approximate surface area is 129 Å². The third-order valence-corrected chi connectivity index (χ3v) is 3.56. The third kappa shape index (κ3) is 2.74. The van der Waals surface area contributed by atoms with Gasteiger partial charge < -0.3 is 9.84 Å². The maximum absolute atomic E-state index is 9.99. The van der Waals surface area contributed by atoms with Crippen molar-refractivity contribution in [3.05, 3.63) is 42.5 Å². The molecule has 1 N–H and O–H groups in total. The molecule has 0 fully saturated rings. The zero-order chi connectivity index (χ0) is 15.4. The molecule has 3 aromatic rings. The lowest BCUT2D eigenvalue weighted by atomic mass is 10.2. The van der Waals surface area contributed by atoms with Crippen molar-refractivity contribution in [3.8, 4) is 17.2 Å². The zero-order valence-corrected chi connectivity index (χ0v) is 12.6. The van der Waals surface area contributed by atoms with Crippen LogP contribution in [0.1, 0.15) is 26.2 Å². The lowest BCUT2D eigenvalue weighted by molar-refractivity contribution is 0.309. The summed E-state index contributed by atoms with van der Waals surface area (Å²) < 4.78 is 7.45. The molecule has 2 aromatic carbocycles. The molecular weight excluding hydrogens is 278 g/mol. The minimum absolute atomic E-state index is 0.170. The van der Waals surface area contributed by atoms with E-state index in [1.54, 1.807) is 22.9 Å². The van der Waals surface area contributed by atoms with Crippen LogP contribution in [-0.4, -0.2) is 26.7 Å². The average Bonchev–Trinajstić information content (AvgIpc) is 2.97. The molecule has 0 saturated carbocycles. The van der Waals surface area contributed by atoms with Gasteiger partial charge in [0.1, 0.15) is 17.2 Å². The number of unbranched alkanes of at least 4 members (excludes halogenated alkanes) is 2. The first-order valence-electron chi connectivity index (χ1n) is 7.57. The van der Waals surface area contributed by atoms with Gasteiger partial charge in [-0.1, -0.05) is 43.2 Å². The molecule has 0 saturated heterocycles. The van der Waals surface area contributed by atoms with E-state index >= 15 is 0 Å². The Hall–Kier alpha value is -2.56. The minimum Gasteiger partial charge on any atom is -0.506 e. The molecule has 1 aromatic heterocycles. The van der Waals surface area contributed by atoms with Crippen molar-refractivity contribution in [2.45, 2.75) is 26.2 Å². The molecule has 5 nitrogen and oxygen atoms in total. The predicted octanol–water partition coefficient (Wildman–Crippen LogP) is 3.70. The average molecular weight is 297 g/mol. The van der Waals surface area contributed by atoms with Crippen molar-refractivity contribution in [3.63, 3.8) is 0 Å². The van der Waals surface area contributed by atoms with Gasteiger partial charge in [-0.3, -0.25) is 0 Å². The van der Waals surface area contributed by atoms with E-state index in [2.05, 4.69) is 17.2 Å². The van der Waals surface area contributed by atoms with Crippen molar-refractivity contribution in [2.24, 2.45) is 0 Å². The molecule has 0 aliphatic heterocycles. The first kappa shape index (κ1) is 14.4. The van der Waals surface area contributed by atoms with Gasteiger partial charge in [0.25, 0.3) is 0 Å². The Balaban J connectivity index is 1.94. The van der Waals surface area contributed by atoms with E-state index in [0.717, 1.165) is 30.5 Å². The number of benzene rings is 2. The van der Waals surface area contributed by atoms with Gasteiger partial charge in [0.15, 0.2) is 5.52 Å². The van der Waals surface area contributed by atoms with Gasteiger partial charge in [0, 0.05) is 0 Å². The Morgan fingerprint density at radius 3 is 2.77 bits per heavy atom. The number of phenolic OH excluding ortho intramolecular Hbond substituents is 1. The number of nitrogens with zero attached hydrogens (tertiary/aromatic N) is 3. The van der Waals surface area contributed by atoms with Crippen molar-refractivity contribution in [1.82, 2.24) is 15.0 Å². The fraction of sp³-hybridized carbons (Fsp3) is 0.294. The molecule has 0 amide bonds. The zero-order valence-electron chi connectivity index (χ0n) is 12.6. The molecule has 1 heterocycles. The van der Waals surface area contributed by atoms with Crippen LogP contribution in [-0.2, 0) is 0 Å². The van der Waals surface area contributed by atoms with Crippen molar-refractivity contribution in [2.75, 3.05) is 6.61 Å². The SMILES string of the molecule is CCCCCOc1cccc2c1nnn2-c1ccccc1O. The third-order valence-electron chi connectivity index (χ3n) is 3.56. The van der Waals surface area contributed by atoms with Crippen LogP contribution in [0.2, 0.25) is 0 Å². The number of aromatic hydroxyl groups is 1. The Morgan fingerprint density at radius 2 is 1.95 bits per heavy atom. The maximum Gasteiger partial charge on any atom is 0.155 e. The number of rotatable bonds is 6. The summed E-state index contributed by atoms with van der Waals surface area (Å²) in [7, 11) is 0. The summed E-state index contributed by atoms with van der Waals surface area (Å²) in [5.74, 6) is 0.902. The lowest BCUT2D eigenvalue weighted by Crippen LogP contribution is -1.98. The molecule has 0 atom stereocenters. The summed E-state index contributed by atoms with van der Waals surface area (Å²) in [5, 5.41) is 18.4. The molecule has 5 heteroatoms. The second-order valence-corrected chi connectivity index (χ2v) is 5.17. The van der Waals surface area contributed by atoms with Crippen molar-refractivity contribution >= 4 is 11.0 Å². The van der Waals surface area contributed by atoms with Gasteiger partial charge in [-0.2, -0.15) is 0 Å². The van der Waals surface area contributed by atoms with Crippen LogP contribution in [0.4, 0.5) is 0 Å². The van der Waals surface area contributed by atoms with Gasteiger partial charge in [-0.25, -0.2) is 4.68 Å². The second kappa shape index (κ2) is 6.47. The summed E-state index contributed by atoms with van der Waals surface area (Å²) in [6.45, 7) is 2.84. The fourth-order valence-corrected chi connectivity index (χ4v) is 2.39. The monoisotopic (exact) mass is 297 g/mol. The van der Waals surface area contributed by atoms with E-state index in [9.17, 15) is 5.11 Å². The molecule has 0 aliphatic carbocycles. The van der Waals surface area contributed by atoms with Crippen LogP contribution in [0.15, 0.2) is 42.5 Å². The highest BCUT2D eigenvalue weighted by Crippen LogP contribution is 2.28. The van der Waals surface area contributed by atoms with Crippen LogP contribution in [0, 0.1) is 0 Å². The minimum atomic E-state index is 0.170. The van der Waals surface area contributed by atoms with E-state index in [1.807, 2.05) is 24.3 Å². The van der Waals surface area contributed by atoms with Gasteiger partial charge in [-0.15, -0.1) is 5.10 Å². The van der Waals surface area contributed by atoms with Gasteiger partial charge in [0.2, 0.25) is 0 Å². The number of fused-ring (bicyclic) bond motifs is 1. The summed E-state index contributed by atoms with van der Waals surface area (Å²) in [6.07, 6.45) is 3.35. The number of aromatic nitrogens is 3. The van der Waals surface area contributed by atoms with Crippen molar-refractivity contribution < 1.29 is 9.84 Å². The standard InChI is InChI=1S/C17H19N3O2/c1-2-3-6-12-22-16-11-7-9-14-17(16)18-19-20(14)13-8-4-5-10-15(13)21/h4-5,7-11,21H,2-3,6,12H2,1H3. The normalized spacial score (nSPS) is 11.0. The highest BCUT2D eigenvalue weighted by molar-refractivity contribution is 5.82. The van der Waals surface area contributed by atoms with Crippen LogP contribution >= 0.6 is 0 Å². The summed E-state index contributed by atoms with van der Waals surface area (Å²) in [4.78, 5) is 0. The Morgan fingerprint density at radius 1 is 1.09 bits per heavy atom. The largest absolute Gasteiger partial charge is 0.506 e. The van der Waals surface area contributed by atoms with Crippen LogP contribution in [0.5, 0.6) is 11.5 Å². The molecule has 0 spiro atoms. The van der Waals surface area contributed by atoms with Gasteiger partial charge in [0.05, 0.1) is 12.1 Å². The predicted molar refractivity (Wildman–Crippen MR) is 85.5 cm³/mol. The number of phenols is 1. The van der Waals surface area contributed by atoms with E-state index < -0.39 is 0 Å². The van der Waals surface area contributed by atoms with E-state index in [1.165, 1.54) is 0 Å². The molecular formula is C17H19N3O2. The molecule has 22 heavy (non-hydrogen) atoms. The van der Waals surface area contributed by atoms with Gasteiger partial charge in [-0.05, 0) is 30.7 Å². The maximum atomic E-state index is 9.99. The van der Waals surface area contributed by atoms with E-state index in [4.69, 9.17) is 4.74 Å². The summed E-state index contributed by atoms with van der Waals surface area (Å²) in [5.41, 5.74) is 2.13. The fourth-order valence-electron chi connectivity index (χ4n) is 2.39. The molecule has 0 unspecified atom stereocenters. The smallest absolute Gasteiger partial charge is 0.155 e. The first-order valence-corrected chi connectivity index (χ1v) is 7.57. The highest BCUT2D eigenvalue weighted by Gasteiger charge is 2.13. The summed E-state index contributed by atoms with van der Waals surface area (Å²) in [6, 6.07) is 12.8. The quantitative estimate of drug-likeness (QED) is 0.705. The number of hydrogen-bond donors (Lipinski definition) is 1. The molecule has 3 rings (SSSR count). The molecule has 0 radical (unpaired) electrons. The van der Waals surface area contributed by atoms with Crippen LogP contribution in [0.25, 0.3) is 16.7 Å². The molecule has 0 bridgehead atoms. The van der Waals surface area contributed by atoms with E-state index in [0.29, 0.717) is 17.8 Å². The van der Waals surface area contributed by atoms with Crippen LogP contribution < -0.4 is 4.74 Å². The Bertz CT molecular complexity index is 767. The number of para-hydroxylation sites is 2. The Kier molecular flexibility index (Phi) is 4.23. The second-order valence-electron chi connectivity index (χ2n) is 5.17. The molecule has 114 valence electrons. The van der Waals surface area contributed by atoms with Gasteiger partial charge >= 0.3 is 0 Å². The number of ether oxygens (including phenoxy) is 1. The summed E-state index contributed by atoms with van der Waals surface area (Å²) >= 11 is 0. The van der Waals surface area contributed by atoms with E-state index in [-0.39, 0.29) is 5.75 Å². The number of hydrogen-bond acceptors (Lipinski definition) is 4. The van der Waals surface area contributed by atoms with Crippen LogP contribution in [0.3, 0.4) is 0 Å². The molecule has 0 aliphatic rings. The first-order chi connectivity index (χ1) is 10.8. The lowest BCUT2D eigenvalue weighted by Gasteiger charge is -2.07. The topological polar surface area (TPSA) is 60.2 Å². The highest BCUT2D eigenvalue weighted by atomic mass is 16.5. The van der Waals surface area contributed by atoms with Crippen molar-refractivity contribution in [1.29, 1.82) is 0 Å².